The van der Waals surface area contributed by atoms with Crippen LogP contribution in [0.4, 0.5) is 5.69 Å². The second kappa shape index (κ2) is 8.52. The highest BCUT2D eigenvalue weighted by molar-refractivity contribution is 5.98. The molecule has 0 unspecified atom stereocenters. The fourth-order valence-corrected chi connectivity index (χ4v) is 4.79. The molecule has 4 heteroatoms. The lowest BCUT2D eigenvalue weighted by molar-refractivity contribution is 0.0971. The fraction of sp³-hybridized carbons (Fsp3) is 0.542. The number of hydrogen-bond acceptors (Lipinski definition) is 3. The predicted molar refractivity (Wildman–Crippen MR) is 116 cm³/mol. The Labute approximate surface area is 169 Å². The van der Waals surface area contributed by atoms with Crippen LogP contribution in [0, 0.1) is 13.8 Å². The summed E-state index contributed by atoms with van der Waals surface area (Å²) < 4.78 is 2.32. The van der Waals surface area contributed by atoms with E-state index in [4.69, 9.17) is 0 Å². The van der Waals surface area contributed by atoms with Gasteiger partial charge in [-0.2, -0.15) is 0 Å². The summed E-state index contributed by atoms with van der Waals surface area (Å²) >= 11 is 0. The molecule has 0 amide bonds. The molecule has 0 bridgehead atoms. The van der Waals surface area contributed by atoms with Crippen LogP contribution in [0.3, 0.4) is 0 Å². The van der Waals surface area contributed by atoms with Gasteiger partial charge < -0.3 is 9.47 Å². The number of carbonyl (C=O) groups is 1. The molecule has 0 N–H and O–H groups in total. The molecule has 1 aliphatic heterocycles. The van der Waals surface area contributed by atoms with E-state index in [0.29, 0.717) is 5.78 Å². The number of aromatic nitrogens is 1. The van der Waals surface area contributed by atoms with E-state index in [9.17, 15) is 4.79 Å². The lowest BCUT2D eigenvalue weighted by Gasteiger charge is -2.37. The first-order chi connectivity index (χ1) is 13.6. The lowest BCUT2D eigenvalue weighted by Crippen LogP contribution is -2.46. The molecule has 1 saturated heterocycles. The molecular weight excluding hydrogens is 346 g/mol. The first-order valence-electron chi connectivity index (χ1n) is 10.9. The standard InChI is InChI=1S/C24H33N3O/c1-19-8-9-22(20(2)18-19)27-16-14-25(15-17-27)11-3-4-12-26-13-10-21-23(26)6-5-7-24(21)28/h8-10,13,18H,3-7,11-12,14-17H2,1-2H3. The number of rotatable bonds is 6. The zero-order valence-electron chi connectivity index (χ0n) is 17.4. The number of piperazine rings is 1. The van der Waals surface area contributed by atoms with Crippen molar-refractivity contribution in [1.29, 1.82) is 0 Å². The summed E-state index contributed by atoms with van der Waals surface area (Å²) in [6.45, 7) is 11.2. The molecular formula is C24H33N3O. The normalized spacial score (nSPS) is 17.8. The van der Waals surface area contributed by atoms with E-state index in [-0.39, 0.29) is 0 Å². The number of ketones is 1. The predicted octanol–water partition coefficient (Wildman–Crippen LogP) is 4.23. The number of nitrogens with zero attached hydrogens (tertiary/aromatic N) is 3. The lowest BCUT2D eigenvalue weighted by atomic mass is 9.97. The largest absolute Gasteiger partial charge is 0.369 e. The third-order valence-corrected chi connectivity index (χ3v) is 6.39. The van der Waals surface area contributed by atoms with Gasteiger partial charge in [0.25, 0.3) is 0 Å². The molecule has 2 aliphatic rings. The summed E-state index contributed by atoms with van der Waals surface area (Å²) in [7, 11) is 0. The van der Waals surface area contributed by atoms with Gasteiger partial charge in [0, 0.05) is 62.3 Å². The van der Waals surface area contributed by atoms with Crippen molar-refractivity contribution in [2.45, 2.75) is 52.5 Å². The molecule has 4 nitrogen and oxygen atoms in total. The van der Waals surface area contributed by atoms with Crippen LogP contribution < -0.4 is 4.90 Å². The van der Waals surface area contributed by atoms with Crippen molar-refractivity contribution < 1.29 is 4.79 Å². The van der Waals surface area contributed by atoms with Crippen LogP contribution in [-0.4, -0.2) is 48.0 Å². The molecule has 1 aliphatic carbocycles. The maximum atomic E-state index is 12.0. The van der Waals surface area contributed by atoms with Crippen LogP contribution in [0.25, 0.3) is 0 Å². The van der Waals surface area contributed by atoms with E-state index in [1.165, 1.54) is 41.9 Å². The summed E-state index contributed by atoms with van der Waals surface area (Å²) in [5.74, 6) is 0.335. The Morgan fingerprint density at radius 2 is 1.71 bits per heavy atom. The van der Waals surface area contributed by atoms with Crippen molar-refractivity contribution in [1.82, 2.24) is 9.47 Å². The van der Waals surface area contributed by atoms with Crippen LogP contribution in [0.5, 0.6) is 0 Å². The Bertz CT molecular complexity index is 830. The minimum Gasteiger partial charge on any atom is -0.369 e. The number of hydrogen-bond donors (Lipinski definition) is 0. The van der Waals surface area contributed by atoms with Gasteiger partial charge in [0.15, 0.2) is 5.78 Å². The van der Waals surface area contributed by atoms with Gasteiger partial charge in [-0.05, 0) is 63.8 Å². The van der Waals surface area contributed by atoms with E-state index in [1.807, 2.05) is 6.07 Å². The fourth-order valence-electron chi connectivity index (χ4n) is 4.79. The molecule has 4 rings (SSSR count). The topological polar surface area (TPSA) is 28.5 Å². The number of Topliss-reactive ketones (excluding diaryl/α,β-unsaturated/α-hetero) is 1. The quantitative estimate of drug-likeness (QED) is 0.704. The third-order valence-electron chi connectivity index (χ3n) is 6.39. The minimum atomic E-state index is 0.335. The number of aryl methyl sites for hydroxylation is 3. The van der Waals surface area contributed by atoms with Gasteiger partial charge in [-0.1, -0.05) is 17.7 Å². The molecule has 1 aromatic carbocycles. The first-order valence-corrected chi connectivity index (χ1v) is 10.9. The average molecular weight is 380 g/mol. The molecule has 28 heavy (non-hydrogen) atoms. The Kier molecular flexibility index (Phi) is 5.86. The van der Waals surface area contributed by atoms with Crippen LogP contribution in [0.15, 0.2) is 30.5 Å². The second-order valence-corrected chi connectivity index (χ2v) is 8.47. The average Bonchev–Trinajstić information content (AvgIpc) is 3.10. The van der Waals surface area contributed by atoms with Crippen molar-refractivity contribution in [3.05, 3.63) is 52.8 Å². The van der Waals surface area contributed by atoms with Crippen LogP contribution >= 0.6 is 0 Å². The summed E-state index contributed by atoms with van der Waals surface area (Å²) in [4.78, 5) is 17.1. The molecule has 1 aromatic heterocycles. The van der Waals surface area contributed by atoms with Gasteiger partial charge in [0.05, 0.1) is 0 Å². The van der Waals surface area contributed by atoms with E-state index < -0.39 is 0 Å². The zero-order chi connectivity index (χ0) is 19.5. The monoisotopic (exact) mass is 379 g/mol. The van der Waals surface area contributed by atoms with Gasteiger partial charge in [0.1, 0.15) is 0 Å². The molecule has 0 spiro atoms. The SMILES string of the molecule is Cc1ccc(N2CCN(CCCCn3ccc4c3CCCC4=O)CC2)c(C)c1. The Morgan fingerprint density at radius 3 is 2.50 bits per heavy atom. The first kappa shape index (κ1) is 19.3. The number of unbranched alkanes of at least 4 members (excludes halogenated alkanes) is 1. The number of anilines is 1. The highest BCUT2D eigenvalue weighted by Crippen LogP contribution is 2.24. The molecule has 2 heterocycles. The maximum absolute atomic E-state index is 12.0. The van der Waals surface area contributed by atoms with Crippen molar-refractivity contribution in [3.8, 4) is 0 Å². The number of carbonyl (C=O) groups excluding carboxylic acids is 1. The number of fused-ring (bicyclic) bond motifs is 1. The Balaban J connectivity index is 1.21. The van der Waals surface area contributed by atoms with Crippen LogP contribution in [0.2, 0.25) is 0 Å². The Hall–Kier alpha value is -2.07. The van der Waals surface area contributed by atoms with E-state index in [1.54, 1.807) is 0 Å². The van der Waals surface area contributed by atoms with E-state index in [2.05, 4.69) is 52.6 Å². The smallest absolute Gasteiger partial charge is 0.164 e. The van der Waals surface area contributed by atoms with Crippen LogP contribution in [-0.2, 0) is 13.0 Å². The number of benzene rings is 1. The molecule has 2 aromatic rings. The highest BCUT2D eigenvalue weighted by Gasteiger charge is 2.21. The van der Waals surface area contributed by atoms with Gasteiger partial charge in [-0.25, -0.2) is 0 Å². The maximum Gasteiger partial charge on any atom is 0.164 e. The van der Waals surface area contributed by atoms with Crippen molar-refractivity contribution >= 4 is 11.5 Å². The van der Waals surface area contributed by atoms with Gasteiger partial charge in [-0.3, -0.25) is 9.69 Å². The molecule has 0 radical (unpaired) electrons. The molecule has 150 valence electrons. The molecule has 0 saturated carbocycles. The summed E-state index contributed by atoms with van der Waals surface area (Å²) in [6.07, 6.45) is 7.34. The van der Waals surface area contributed by atoms with E-state index >= 15 is 0 Å². The summed E-state index contributed by atoms with van der Waals surface area (Å²) in [5, 5.41) is 0. The zero-order valence-corrected chi connectivity index (χ0v) is 17.4. The Morgan fingerprint density at radius 1 is 0.929 bits per heavy atom. The van der Waals surface area contributed by atoms with E-state index in [0.717, 1.165) is 57.5 Å². The van der Waals surface area contributed by atoms with Gasteiger partial charge in [-0.15, -0.1) is 0 Å². The molecule has 0 atom stereocenters. The highest BCUT2D eigenvalue weighted by atomic mass is 16.1. The summed E-state index contributed by atoms with van der Waals surface area (Å²) in [6, 6.07) is 8.82. The summed E-state index contributed by atoms with van der Waals surface area (Å²) in [5.41, 5.74) is 6.39. The van der Waals surface area contributed by atoms with Crippen LogP contribution in [0.1, 0.15) is 52.9 Å². The van der Waals surface area contributed by atoms with Crippen molar-refractivity contribution in [2.24, 2.45) is 0 Å². The third kappa shape index (κ3) is 4.17. The van der Waals surface area contributed by atoms with Gasteiger partial charge in [0.2, 0.25) is 0 Å². The van der Waals surface area contributed by atoms with Crippen molar-refractivity contribution in [2.75, 3.05) is 37.6 Å². The van der Waals surface area contributed by atoms with Gasteiger partial charge >= 0.3 is 0 Å². The minimum absolute atomic E-state index is 0.335. The van der Waals surface area contributed by atoms with Crippen molar-refractivity contribution in [3.63, 3.8) is 0 Å². The second-order valence-electron chi connectivity index (χ2n) is 8.47. The molecule has 1 fully saturated rings.